The molecule has 5 heteroatoms. The molecule has 1 N–H and O–H groups in total. The van der Waals surface area contributed by atoms with E-state index in [1.807, 2.05) is 6.92 Å². The Morgan fingerprint density at radius 1 is 1.20 bits per heavy atom. The zero-order valence-electron chi connectivity index (χ0n) is 10.7. The molecular weight excluding hydrogens is 282 g/mol. The maximum atomic E-state index is 13.6. The van der Waals surface area contributed by atoms with Crippen molar-refractivity contribution in [2.45, 2.75) is 17.6 Å². The predicted molar refractivity (Wildman–Crippen MR) is 74.1 cm³/mol. The molecule has 20 heavy (non-hydrogen) atoms. The molecular formula is C15H12F2O2S. The number of carbonyl (C=O) groups is 1. The van der Waals surface area contributed by atoms with Crippen molar-refractivity contribution in [1.82, 2.24) is 0 Å². The second-order valence-electron chi connectivity index (χ2n) is 4.31. The van der Waals surface area contributed by atoms with E-state index in [0.29, 0.717) is 5.75 Å². The van der Waals surface area contributed by atoms with Gasteiger partial charge in [-0.15, -0.1) is 11.8 Å². The van der Waals surface area contributed by atoms with Crippen LogP contribution in [0.4, 0.5) is 8.78 Å². The van der Waals surface area contributed by atoms with Gasteiger partial charge in [0.05, 0.1) is 5.56 Å². The van der Waals surface area contributed by atoms with Gasteiger partial charge in [-0.1, -0.05) is 6.07 Å². The summed E-state index contributed by atoms with van der Waals surface area (Å²) in [5.74, 6) is -1.54. The topological polar surface area (TPSA) is 37.3 Å². The number of aryl methyl sites for hydroxylation is 1. The van der Waals surface area contributed by atoms with Crippen molar-refractivity contribution < 1.29 is 18.7 Å². The number of rotatable bonds is 4. The van der Waals surface area contributed by atoms with E-state index in [9.17, 15) is 13.6 Å². The summed E-state index contributed by atoms with van der Waals surface area (Å²) in [6, 6.07) is 8.07. The fraction of sp³-hybridized carbons (Fsp3) is 0.133. The summed E-state index contributed by atoms with van der Waals surface area (Å²) in [6.45, 7) is 1.85. The minimum absolute atomic E-state index is 0.0323. The van der Waals surface area contributed by atoms with Crippen LogP contribution < -0.4 is 0 Å². The molecule has 0 atom stereocenters. The van der Waals surface area contributed by atoms with E-state index in [-0.39, 0.29) is 16.3 Å². The lowest BCUT2D eigenvalue weighted by Gasteiger charge is -2.07. The molecule has 0 aliphatic rings. The van der Waals surface area contributed by atoms with Crippen LogP contribution in [-0.4, -0.2) is 11.1 Å². The molecule has 0 heterocycles. The standard InChI is InChI=1S/C15H12F2O2S/c1-9-2-4-12(16)6-11(9)8-20-14-7-10(15(18)19)3-5-13(14)17/h2-7H,8H2,1H3,(H,18,19). The monoisotopic (exact) mass is 294 g/mol. The van der Waals surface area contributed by atoms with Crippen LogP contribution in [0.1, 0.15) is 21.5 Å². The zero-order chi connectivity index (χ0) is 14.7. The van der Waals surface area contributed by atoms with Crippen LogP contribution in [0.2, 0.25) is 0 Å². The third kappa shape index (κ3) is 3.36. The first-order valence-corrected chi connectivity index (χ1v) is 6.86. The fourth-order valence-corrected chi connectivity index (χ4v) is 2.74. The van der Waals surface area contributed by atoms with Crippen molar-refractivity contribution in [3.05, 3.63) is 64.7 Å². The van der Waals surface area contributed by atoms with Crippen LogP contribution >= 0.6 is 11.8 Å². The van der Waals surface area contributed by atoms with Crippen molar-refractivity contribution in [3.8, 4) is 0 Å². The molecule has 0 radical (unpaired) electrons. The maximum Gasteiger partial charge on any atom is 0.335 e. The summed E-state index contributed by atoms with van der Waals surface area (Å²) in [5, 5.41) is 8.88. The van der Waals surface area contributed by atoms with Crippen LogP contribution in [0.25, 0.3) is 0 Å². The van der Waals surface area contributed by atoms with Crippen molar-refractivity contribution in [2.75, 3.05) is 0 Å². The van der Waals surface area contributed by atoms with Gasteiger partial charge in [0.1, 0.15) is 11.6 Å². The van der Waals surface area contributed by atoms with E-state index >= 15 is 0 Å². The number of aromatic carboxylic acids is 1. The lowest BCUT2D eigenvalue weighted by Crippen LogP contribution is -1.97. The van der Waals surface area contributed by atoms with Gasteiger partial charge in [-0.3, -0.25) is 0 Å². The van der Waals surface area contributed by atoms with Crippen molar-refractivity contribution in [1.29, 1.82) is 0 Å². The molecule has 0 fully saturated rings. The third-order valence-electron chi connectivity index (χ3n) is 2.87. The summed E-state index contributed by atoms with van der Waals surface area (Å²) < 4.78 is 26.8. The molecule has 2 aromatic rings. The number of benzene rings is 2. The van der Waals surface area contributed by atoms with Gasteiger partial charge in [0.15, 0.2) is 0 Å². The number of carboxylic acids is 1. The quantitative estimate of drug-likeness (QED) is 0.856. The average molecular weight is 294 g/mol. The first-order valence-electron chi connectivity index (χ1n) is 5.88. The molecule has 0 unspecified atom stereocenters. The SMILES string of the molecule is Cc1ccc(F)cc1CSc1cc(C(=O)O)ccc1F. The van der Waals surface area contributed by atoms with Crippen LogP contribution in [-0.2, 0) is 5.75 Å². The van der Waals surface area contributed by atoms with E-state index in [1.54, 1.807) is 6.07 Å². The van der Waals surface area contributed by atoms with Gasteiger partial charge >= 0.3 is 5.97 Å². The van der Waals surface area contributed by atoms with Gasteiger partial charge in [-0.2, -0.15) is 0 Å². The molecule has 0 saturated heterocycles. The van der Waals surface area contributed by atoms with Gasteiger partial charge in [0.25, 0.3) is 0 Å². The Morgan fingerprint density at radius 3 is 2.65 bits per heavy atom. The van der Waals surface area contributed by atoms with Gasteiger partial charge in [0, 0.05) is 10.6 Å². The molecule has 0 amide bonds. The number of carboxylic acid groups (broad SMARTS) is 1. The first-order chi connectivity index (χ1) is 9.47. The maximum absolute atomic E-state index is 13.6. The van der Waals surface area contributed by atoms with E-state index in [1.165, 1.54) is 24.3 Å². The molecule has 104 valence electrons. The highest BCUT2D eigenvalue weighted by molar-refractivity contribution is 7.98. The van der Waals surface area contributed by atoms with Gasteiger partial charge in [-0.05, 0) is 48.4 Å². The van der Waals surface area contributed by atoms with Gasteiger partial charge in [0.2, 0.25) is 0 Å². The lowest BCUT2D eigenvalue weighted by molar-refractivity contribution is 0.0696. The Morgan fingerprint density at radius 2 is 1.95 bits per heavy atom. The van der Waals surface area contributed by atoms with Crippen molar-refractivity contribution >= 4 is 17.7 Å². The van der Waals surface area contributed by atoms with E-state index in [0.717, 1.165) is 29.0 Å². The Kier molecular flexibility index (Phi) is 4.39. The summed E-state index contributed by atoms with van der Waals surface area (Å²) in [7, 11) is 0. The molecule has 0 saturated carbocycles. The summed E-state index contributed by atoms with van der Waals surface area (Å²) in [6.07, 6.45) is 0. The number of hydrogen-bond donors (Lipinski definition) is 1. The first kappa shape index (κ1) is 14.5. The Hall–Kier alpha value is -1.88. The average Bonchev–Trinajstić information content (AvgIpc) is 2.41. The van der Waals surface area contributed by atoms with E-state index in [2.05, 4.69) is 0 Å². The molecule has 0 aliphatic carbocycles. The molecule has 0 aliphatic heterocycles. The largest absolute Gasteiger partial charge is 0.478 e. The smallest absolute Gasteiger partial charge is 0.335 e. The van der Waals surface area contributed by atoms with Gasteiger partial charge in [-0.25, -0.2) is 13.6 Å². The minimum Gasteiger partial charge on any atom is -0.478 e. The minimum atomic E-state index is -1.10. The summed E-state index contributed by atoms with van der Waals surface area (Å²) in [5.41, 5.74) is 1.70. The number of thioether (sulfide) groups is 1. The van der Waals surface area contributed by atoms with Crippen molar-refractivity contribution in [2.24, 2.45) is 0 Å². The third-order valence-corrected chi connectivity index (χ3v) is 3.95. The second kappa shape index (κ2) is 6.05. The Balaban J connectivity index is 2.20. The Labute approximate surface area is 119 Å². The number of hydrogen-bond acceptors (Lipinski definition) is 2. The normalized spacial score (nSPS) is 10.6. The van der Waals surface area contributed by atoms with Crippen LogP contribution in [0.15, 0.2) is 41.3 Å². The van der Waals surface area contributed by atoms with Crippen molar-refractivity contribution in [3.63, 3.8) is 0 Å². The molecule has 0 bridgehead atoms. The van der Waals surface area contributed by atoms with Crippen LogP contribution in [0, 0.1) is 18.6 Å². The van der Waals surface area contributed by atoms with E-state index in [4.69, 9.17) is 5.11 Å². The number of halogens is 2. The fourth-order valence-electron chi connectivity index (χ4n) is 1.70. The highest BCUT2D eigenvalue weighted by atomic mass is 32.2. The highest BCUT2D eigenvalue weighted by Gasteiger charge is 2.10. The molecule has 2 nitrogen and oxygen atoms in total. The molecule has 0 spiro atoms. The summed E-state index contributed by atoms with van der Waals surface area (Å²) in [4.78, 5) is 11.1. The molecule has 2 aromatic carbocycles. The molecule has 0 aromatic heterocycles. The van der Waals surface area contributed by atoms with Gasteiger partial charge < -0.3 is 5.11 Å². The molecule has 2 rings (SSSR count). The Bertz CT molecular complexity index is 656. The zero-order valence-corrected chi connectivity index (χ0v) is 11.5. The summed E-state index contributed by atoms with van der Waals surface area (Å²) >= 11 is 1.15. The second-order valence-corrected chi connectivity index (χ2v) is 5.33. The van der Waals surface area contributed by atoms with E-state index < -0.39 is 11.8 Å². The highest BCUT2D eigenvalue weighted by Crippen LogP contribution is 2.28. The lowest BCUT2D eigenvalue weighted by atomic mass is 10.1. The predicted octanol–water partition coefficient (Wildman–Crippen LogP) is 4.26. The van der Waals surface area contributed by atoms with Crippen LogP contribution in [0.3, 0.4) is 0 Å². The van der Waals surface area contributed by atoms with Crippen LogP contribution in [0.5, 0.6) is 0 Å².